The number of hydrogen-bond donors (Lipinski definition) is 1. The highest BCUT2D eigenvalue weighted by atomic mass is 16.5. The molecule has 0 bridgehead atoms. The number of nitrogens with one attached hydrogen (secondary N) is 1. The van der Waals surface area contributed by atoms with Crippen LogP contribution >= 0.6 is 0 Å². The van der Waals surface area contributed by atoms with E-state index < -0.39 is 0 Å². The van der Waals surface area contributed by atoms with Crippen LogP contribution in [0.25, 0.3) is 11.4 Å². The van der Waals surface area contributed by atoms with E-state index in [0.717, 1.165) is 30.0 Å². The molecule has 1 saturated carbocycles. The molecule has 4 nitrogen and oxygen atoms in total. The summed E-state index contributed by atoms with van der Waals surface area (Å²) >= 11 is 0. The number of rotatable bonds is 3. The predicted octanol–water partition coefficient (Wildman–Crippen LogP) is 2.79. The summed E-state index contributed by atoms with van der Waals surface area (Å²) in [7, 11) is 0. The van der Waals surface area contributed by atoms with Crippen molar-refractivity contribution in [2.75, 3.05) is 0 Å². The second-order valence-corrected chi connectivity index (χ2v) is 4.35. The molecule has 4 heteroatoms. The summed E-state index contributed by atoms with van der Waals surface area (Å²) in [5, 5.41) is 6.76. The van der Waals surface area contributed by atoms with Gasteiger partial charge in [-0.05, 0) is 37.8 Å². The van der Waals surface area contributed by atoms with Gasteiger partial charge in [-0.1, -0.05) is 12.1 Å². The van der Waals surface area contributed by atoms with Crippen molar-refractivity contribution >= 4 is 0 Å². The van der Waals surface area contributed by atoms with Crippen LogP contribution in [0.15, 0.2) is 30.6 Å². The first-order valence-corrected chi connectivity index (χ1v) is 6.05. The van der Waals surface area contributed by atoms with Crippen molar-refractivity contribution in [3.05, 3.63) is 30.6 Å². The Morgan fingerprint density at radius 1 is 1.18 bits per heavy atom. The third-order valence-electron chi connectivity index (χ3n) is 3.15. The van der Waals surface area contributed by atoms with Gasteiger partial charge < -0.3 is 4.74 Å². The quantitative estimate of drug-likeness (QED) is 0.880. The third kappa shape index (κ3) is 2.16. The SMILES string of the molecule is c1ccc(-c2ncn[nH]2)c(OC2CCCC2)c1. The van der Waals surface area contributed by atoms with Crippen LogP contribution in [0.3, 0.4) is 0 Å². The van der Waals surface area contributed by atoms with Gasteiger partial charge in [0.05, 0.1) is 11.7 Å². The molecule has 1 aliphatic rings. The Morgan fingerprint density at radius 2 is 2.00 bits per heavy atom. The molecule has 1 aromatic carbocycles. The van der Waals surface area contributed by atoms with E-state index in [2.05, 4.69) is 15.2 Å². The van der Waals surface area contributed by atoms with Crippen molar-refractivity contribution in [3.8, 4) is 17.1 Å². The van der Waals surface area contributed by atoms with Gasteiger partial charge in [-0.25, -0.2) is 4.98 Å². The zero-order valence-corrected chi connectivity index (χ0v) is 9.60. The molecule has 0 spiro atoms. The minimum absolute atomic E-state index is 0.360. The number of ether oxygens (including phenoxy) is 1. The molecule has 0 unspecified atom stereocenters. The molecule has 2 aromatic rings. The van der Waals surface area contributed by atoms with Crippen molar-refractivity contribution in [3.63, 3.8) is 0 Å². The highest BCUT2D eigenvalue weighted by Crippen LogP contribution is 2.30. The van der Waals surface area contributed by atoms with E-state index >= 15 is 0 Å². The lowest BCUT2D eigenvalue weighted by Gasteiger charge is -2.15. The fraction of sp³-hybridized carbons (Fsp3) is 0.385. The van der Waals surface area contributed by atoms with E-state index in [1.807, 2.05) is 24.3 Å². The number of para-hydroxylation sites is 1. The van der Waals surface area contributed by atoms with Gasteiger partial charge in [-0.3, -0.25) is 5.10 Å². The number of nitrogens with zero attached hydrogens (tertiary/aromatic N) is 2. The molecule has 3 rings (SSSR count). The summed E-state index contributed by atoms with van der Waals surface area (Å²) in [6.07, 6.45) is 6.74. The van der Waals surface area contributed by atoms with E-state index in [1.165, 1.54) is 19.2 Å². The van der Waals surface area contributed by atoms with Crippen molar-refractivity contribution < 1.29 is 4.74 Å². The molecule has 1 fully saturated rings. The van der Waals surface area contributed by atoms with Gasteiger partial charge in [0.2, 0.25) is 0 Å². The maximum Gasteiger partial charge on any atom is 0.159 e. The van der Waals surface area contributed by atoms with E-state index in [1.54, 1.807) is 0 Å². The van der Waals surface area contributed by atoms with Crippen molar-refractivity contribution in [1.29, 1.82) is 0 Å². The molecule has 0 amide bonds. The van der Waals surface area contributed by atoms with Crippen molar-refractivity contribution in [2.24, 2.45) is 0 Å². The van der Waals surface area contributed by atoms with Gasteiger partial charge in [-0.15, -0.1) is 0 Å². The Labute approximate surface area is 100 Å². The van der Waals surface area contributed by atoms with E-state index in [9.17, 15) is 0 Å². The second kappa shape index (κ2) is 4.57. The highest BCUT2D eigenvalue weighted by Gasteiger charge is 2.18. The number of hydrogen-bond acceptors (Lipinski definition) is 3. The van der Waals surface area contributed by atoms with Crippen LogP contribution in [-0.2, 0) is 0 Å². The third-order valence-corrected chi connectivity index (χ3v) is 3.15. The Balaban J connectivity index is 1.88. The summed E-state index contributed by atoms with van der Waals surface area (Å²) in [5.74, 6) is 1.66. The van der Waals surface area contributed by atoms with E-state index in [4.69, 9.17) is 4.74 Å². The van der Waals surface area contributed by atoms with Crippen LogP contribution in [0.1, 0.15) is 25.7 Å². The summed E-state index contributed by atoms with van der Waals surface area (Å²) in [6, 6.07) is 7.98. The lowest BCUT2D eigenvalue weighted by Crippen LogP contribution is -2.11. The van der Waals surface area contributed by atoms with Crippen molar-refractivity contribution in [2.45, 2.75) is 31.8 Å². The number of H-pyrrole nitrogens is 1. The lowest BCUT2D eigenvalue weighted by atomic mass is 10.2. The van der Waals surface area contributed by atoms with Crippen molar-refractivity contribution in [1.82, 2.24) is 15.2 Å². The number of benzene rings is 1. The molecule has 0 aliphatic heterocycles. The molecular formula is C13H15N3O. The molecule has 0 atom stereocenters. The monoisotopic (exact) mass is 229 g/mol. The molecule has 17 heavy (non-hydrogen) atoms. The zero-order chi connectivity index (χ0) is 11.5. The van der Waals surface area contributed by atoms with Crippen LogP contribution < -0.4 is 4.74 Å². The smallest absolute Gasteiger partial charge is 0.159 e. The Morgan fingerprint density at radius 3 is 2.76 bits per heavy atom. The Kier molecular flexibility index (Phi) is 2.78. The number of aromatic amines is 1. The minimum atomic E-state index is 0.360. The lowest BCUT2D eigenvalue weighted by molar-refractivity contribution is 0.211. The summed E-state index contributed by atoms with van der Waals surface area (Å²) in [4.78, 5) is 4.18. The molecule has 1 heterocycles. The minimum Gasteiger partial charge on any atom is -0.490 e. The first kappa shape index (κ1) is 10.3. The van der Waals surface area contributed by atoms with Gasteiger partial charge in [-0.2, -0.15) is 5.10 Å². The fourth-order valence-electron chi connectivity index (χ4n) is 2.29. The van der Waals surface area contributed by atoms with Gasteiger partial charge in [0.15, 0.2) is 5.82 Å². The van der Waals surface area contributed by atoms with E-state index in [-0.39, 0.29) is 0 Å². The van der Waals surface area contributed by atoms with Crippen LogP contribution in [0.4, 0.5) is 0 Å². The summed E-state index contributed by atoms with van der Waals surface area (Å²) < 4.78 is 6.04. The van der Waals surface area contributed by atoms with Gasteiger partial charge in [0.1, 0.15) is 12.1 Å². The average Bonchev–Trinajstić information content (AvgIpc) is 3.01. The number of aromatic nitrogens is 3. The second-order valence-electron chi connectivity index (χ2n) is 4.35. The maximum absolute atomic E-state index is 6.04. The van der Waals surface area contributed by atoms with Crippen LogP contribution in [0, 0.1) is 0 Å². The molecule has 1 N–H and O–H groups in total. The van der Waals surface area contributed by atoms with Crippen LogP contribution in [0.5, 0.6) is 5.75 Å². The topological polar surface area (TPSA) is 50.8 Å². The van der Waals surface area contributed by atoms with Gasteiger partial charge in [0.25, 0.3) is 0 Å². The first-order valence-electron chi connectivity index (χ1n) is 6.05. The Hall–Kier alpha value is -1.84. The highest BCUT2D eigenvalue weighted by molar-refractivity contribution is 5.63. The average molecular weight is 229 g/mol. The summed E-state index contributed by atoms with van der Waals surface area (Å²) in [6.45, 7) is 0. The maximum atomic E-state index is 6.04. The molecule has 0 saturated heterocycles. The molecule has 0 radical (unpaired) electrons. The predicted molar refractivity (Wildman–Crippen MR) is 64.7 cm³/mol. The van der Waals surface area contributed by atoms with Gasteiger partial charge in [0, 0.05) is 0 Å². The first-order chi connectivity index (χ1) is 8.43. The fourth-order valence-corrected chi connectivity index (χ4v) is 2.29. The molecule has 1 aromatic heterocycles. The van der Waals surface area contributed by atoms with E-state index in [0.29, 0.717) is 6.10 Å². The standard InChI is InChI=1S/C13H15N3O/c1-2-6-10(5-1)17-12-8-4-3-7-11(12)13-14-9-15-16-13/h3-4,7-10H,1-2,5-6H2,(H,14,15,16). The summed E-state index contributed by atoms with van der Waals surface area (Å²) in [5.41, 5.74) is 0.983. The molecular weight excluding hydrogens is 214 g/mol. The Bertz CT molecular complexity index is 475. The van der Waals surface area contributed by atoms with Crippen LogP contribution in [0.2, 0.25) is 0 Å². The normalized spacial score (nSPS) is 16.2. The van der Waals surface area contributed by atoms with Crippen LogP contribution in [-0.4, -0.2) is 21.3 Å². The molecule has 88 valence electrons. The molecule has 1 aliphatic carbocycles. The van der Waals surface area contributed by atoms with Gasteiger partial charge >= 0.3 is 0 Å². The zero-order valence-electron chi connectivity index (χ0n) is 9.60. The largest absolute Gasteiger partial charge is 0.490 e.